The first-order valence-electron chi connectivity index (χ1n) is 7.11. The van der Waals surface area contributed by atoms with Crippen LogP contribution in [0.4, 0.5) is 18.9 Å². The van der Waals surface area contributed by atoms with Gasteiger partial charge < -0.3 is 10.4 Å². The first kappa shape index (κ1) is 15.4. The van der Waals surface area contributed by atoms with Gasteiger partial charge in [0, 0.05) is 11.3 Å². The zero-order valence-electron chi connectivity index (χ0n) is 12.6. The number of phenols is 1. The van der Waals surface area contributed by atoms with Crippen LogP contribution in [0.15, 0.2) is 41.4 Å². The molecule has 0 saturated heterocycles. The van der Waals surface area contributed by atoms with E-state index < -0.39 is 11.7 Å². The normalized spacial score (nSPS) is 17.3. The fourth-order valence-electron chi connectivity index (χ4n) is 2.68. The van der Waals surface area contributed by atoms with Crippen LogP contribution in [-0.2, 0) is 6.18 Å². The molecule has 0 fully saturated rings. The fraction of sp³-hybridized carbons (Fsp3) is 0.235. The number of aryl methyl sites for hydroxylation is 1. The van der Waals surface area contributed by atoms with Crippen LogP contribution in [0.25, 0.3) is 0 Å². The van der Waals surface area contributed by atoms with E-state index in [-0.39, 0.29) is 11.8 Å². The third kappa shape index (κ3) is 2.88. The van der Waals surface area contributed by atoms with Crippen molar-refractivity contribution in [3.8, 4) is 5.75 Å². The number of aliphatic imine (C=N–C) groups is 1. The van der Waals surface area contributed by atoms with Gasteiger partial charge in [-0.25, -0.2) is 0 Å². The van der Waals surface area contributed by atoms with Gasteiger partial charge >= 0.3 is 6.18 Å². The first-order valence-corrected chi connectivity index (χ1v) is 7.11. The first-order chi connectivity index (χ1) is 10.8. The van der Waals surface area contributed by atoms with Crippen LogP contribution in [0, 0.1) is 6.92 Å². The van der Waals surface area contributed by atoms with Gasteiger partial charge in [0.1, 0.15) is 11.6 Å². The summed E-state index contributed by atoms with van der Waals surface area (Å²) in [7, 11) is 0. The lowest BCUT2D eigenvalue weighted by Gasteiger charge is -2.25. The molecule has 1 aliphatic heterocycles. The van der Waals surface area contributed by atoms with Crippen molar-refractivity contribution >= 4 is 11.5 Å². The average molecular weight is 320 g/mol. The van der Waals surface area contributed by atoms with Gasteiger partial charge in [-0.1, -0.05) is 6.07 Å². The number of amidine groups is 1. The molecule has 0 aromatic heterocycles. The highest BCUT2D eigenvalue weighted by Crippen LogP contribution is 2.37. The maximum atomic E-state index is 12.9. The number of halogens is 3. The maximum Gasteiger partial charge on any atom is 0.416 e. The van der Waals surface area contributed by atoms with Crippen molar-refractivity contribution in [2.24, 2.45) is 4.99 Å². The highest BCUT2D eigenvalue weighted by atomic mass is 19.4. The Morgan fingerprint density at radius 3 is 2.52 bits per heavy atom. The number of hydrogen-bond donors (Lipinski definition) is 2. The lowest BCUT2D eigenvalue weighted by Crippen LogP contribution is -2.22. The molecule has 120 valence electrons. The summed E-state index contributed by atoms with van der Waals surface area (Å²) in [6.07, 6.45) is -4.39. The number of anilines is 1. The van der Waals surface area contributed by atoms with Gasteiger partial charge in [0.05, 0.1) is 11.6 Å². The van der Waals surface area contributed by atoms with E-state index in [1.807, 2.05) is 13.8 Å². The van der Waals surface area contributed by atoms with E-state index in [0.717, 1.165) is 28.8 Å². The fourth-order valence-corrected chi connectivity index (χ4v) is 2.68. The average Bonchev–Trinajstić information content (AvgIpc) is 2.45. The van der Waals surface area contributed by atoms with E-state index in [9.17, 15) is 18.3 Å². The zero-order valence-corrected chi connectivity index (χ0v) is 12.6. The minimum atomic E-state index is -4.39. The Morgan fingerprint density at radius 1 is 1.13 bits per heavy atom. The minimum Gasteiger partial charge on any atom is -0.508 e. The molecule has 0 saturated carbocycles. The van der Waals surface area contributed by atoms with Gasteiger partial charge in [-0.05, 0) is 55.3 Å². The van der Waals surface area contributed by atoms with Crippen LogP contribution >= 0.6 is 0 Å². The van der Waals surface area contributed by atoms with Crippen LogP contribution in [0.1, 0.15) is 35.2 Å². The summed E-state index contributed by atoms with van der Waals surface area (Å²) in [6.45, 7) is 3.65. The third-order valence-electron chi connectivity index (χ3n) is 3.87. The minimum absolute atomic E-state index is 0.135. The summed E-state index contributed by atoms with van der Waals surface area (Å²) >= 11 is 0. The smallest absolute Gasteiger partial charge is 0.416 e. The van der Waals surface area contributed by atoms with Crippen molar-refractivity contribution in [2.75, 3.05) is 5.32 Å². The number of alkyl halides is 3. The van der Waals surface area contributed by atoms with E-state index in [1.165, 1.54) is 12.1 Å². The van der Waals surface area contributed by atoms with Gasteiger partial charge in [0.15, 0.2) is 0 Å². The Kier molecular flexibility index (Phi) is 3.55. The van der Waals surface area contributed by atoms with E-state index in [1.54, 1.807) is 12.1 Å². The molecule has 1 aliphatic rings. The van der Waals surface area contributed by atoms with E-state index in [2.05, 4.69) is 10.3 Å². The zero-order chi connectivity index (χ0) is 16.8. The van der Waals surface area contributed by atoms with Gasteiger partial charge in [0.25, 0.3) is 0 Å². The number of fused-ring (bicyclic) bond motifs is 1. The molecular formula is C17H15F3N2O. The third-order valence-corrected chi connectivity index (χ3v) is 3.87. The summed E-state index contributed by atoms with van der Waals surface area (Å²) in [6, 6.07) is 8.20. The molecule has 0 amide bonds. The summed E-state index contributed by atoms with van der Waals surface area (Å²) < 4.78 is 38.7. The predicted molar refractivity (Wildman–Crippen MR) is 82.9 cm³/mol. The molecular weight excluding hydrogens is 305 g/mol. The number of phenolic OH excluding ortho intramolecular Hbond substituents is 1. The SMILES string of the molecule is Cc1cc(O)ccc1C1=NC(C)c2ccc(C(F)(F)F)cc2N1. The summed E-state index contributed by atoms with van der Waals surface area (Å²) in [5.41, 5.74) is 1.97. The number of hydrogen-bond acceptors (Lipinski definition) is 3. The largest absolute Gasteiger partial charge is 0.508 e. The lowest BCUT2D eigenvalue weighted by molar-refractivity contribution is -0.137. The molecule has 0 aliphatic carbocycles. The van der Waals surface area contributed by atoms with E-state index >= 15 is 0 Å². The van der Waals surface area contributed by atoms with Crippen LogP contribution in [0.5, 0.6) is 5.75 Å². The quantitative estimate of drug-likeness (QED) is 0.803. The van der Waals surface area contributed by atoms with Crippen molar-refractivity contribution in [2.45, 2.75) is 26.1 Å². The van der Waals surface area contributed by atoms with Crippen LogP contribution in [0.3, 0.4) is 0 Å². The highest BCUT2D eigenvalue weighted by molar-refractivity contribution is 6.10. The molecule has 0 spiro atoms. The molecule has 0 bridgehead atoms. The van der Waals surface area contributed by atoms with Gasteiger partial charge in [0.2, 0.25) is 0 Å². The second-order valence-corrected chi connectivity index (χ2v) is 5.58. The number of rotatable bonds is 1. The second kappa shape index (κ2) is 5.30. The Bertz CT molecular complexity index is 797. The molecule has 3 rings (SSSR count). The standard InChI is InChI=1S/C17H15F3N2O/c1-9-7-12(23)4-6-13(9)16-21-10(2)14-5-3-11(17(18,19)20)8-15(14)22-16/h3-8,10,23H,1-2H3,(H,21,22). The molecule has 2 aromatic carbocycles. The predicted octanol–water partition coefficient (Wildman–Crippen LogP) is 4.65. The molecule has 6 heteroatoms. The number of benzene rings is 2. The van der Waals surface area contributed by atoms with Gasteiger partial charge in [-0.3, -0.25) is 4.99 Å². The lowest BCUT2D eigenvalue weighted by atomic mass is 9.99. The Hall–Kier alpha value is -2.50. The molecule has 2 aromatic rings. The summed E-state index contributed by atoms with van der Waals surface area (Å²) in [5.74, 6) is 0.636. The molecule has 1 heterocycles. The van der Waals surface area contributed by atoms with Crippen LogP contribution < -0.4 is 5.32 Å². The van der Waals surface area contributed by atoms with Gasteiger partial charge in [-0.15, -0.1) is 0 Å². The molecule has 1 unspecified atom stereocenters. The Morgan fingerprint density at radius 2 is 1.87 bits per heavy atom. The monoisotopic (exact) mass is 320 g/mol. The van der Waals surface area contributed by atoms with Crippen molar-refractivity contribution < 1.29 is 18.3 Å². The number of nitrogens with one attached hydrogen (secondary N) is 1. The summed E-state index contributed by atoms with van der Waals surface area (Å²) in [4.78, 5) is 4.52. The van der Waals surface area contributed by atoms with Crippen LogP contribution in [0.2, 0.25) is 0 Å². The van der Waals surface area contributed by atoms with E-state index in [4.69, 9.17) is 0 Å². The van der Waals surface area contributed by atoms with Crippen molar-refractivity contribution in [3.63, 3.8) is 0 Å². The number of aromatic hydroxyl groups is 1. The molecule has 1 atom stereocenters. The number of nitrogens with zero attached hydrogens (tertiary/aromatic N) is 1. The van der Waals surface area contributed by atoms with Crippen molar-refractivity contribution in [1.82, 2.24) is 0 Å². The topological polar surface area (TPSA) is 44.6 Å². The molecule has 0 radical (unpaired) electrons. The van der Waals surface area contributed by atoms with Crippen LogP contribution in [-0.4, -0.2) is 10.9 Å². The Balaban J connectivity index is 2.03. The highest BCUT2D eigenvalue weighted by Gasteiger charge is 2.32. The molecule has 2 N–H and O–H groups in total. The van der Waals surface area contributed by atoms with E-state index in [0.29, 0.717) is 11.5 Å². The van der Waals surface area contributed by atoms with Gasteiger partial charge in [-0.2, -0.15) is 13.2 Å². The summed E-state index contributed by atoms with van der Waals surface area (Å²) in [5, 5.41) is 12.5. The molecule has 23 heavy (non-hydrogen) atoms. The molecule has 3 nitrogen and oxygen atoms in total. The second-order valence-electron chi connectivity index (χ2n) is 5.58. The maximum absolute atomic E-state index is 12.9. The van der Waals surface area contributed by atoms with Crippen molar-refractivity contribution in [3.05, 3.63) is 58.7 Å². The van der Waals surface area contributed by atoms with Crippen molar-refractivity contribution in [1.29, 1.82) is 0 Å². The Labute approximate surface area is 131 Å².